The van der Waals surface area contributed by atoms with Crippen LogP contribution in [0.5, 0.6) is 11.5 Å². The maximum Gasteiger partial charge on any atom is 0.328 e. The van der Waals surface area contributed by atoms with E-state index in [0.717, 1.165) is 6.08 Å². The largest absolute Gasteiger partial charge is 0.497 e. The van der Waals surface area contributed by atoms with Crippen molar-refractivity contribution in [3.05, 3.63) is 41.6 Å². The SMILES string of the molecule is COc1ccc(C=CC(=O)O)c(OCc2noc(C)n2)c1. The van der Waals surface area contributed by atoms with E-state index in [9.17, 15) is 4.79 Å². The van der Waals surface area contributed by atoms with Crippen molar-refractivity contribution < 1.29 is 23.9 Å². The number of hydrogen-bond donors (Lipinski definition) is 1. The zero-order valence-corrected chi connectivity index (χ0v) is 11.6. The smallest absolute Gasteiger partial charge is 0.328 e. The highest BCUT2D eigenvalue weighted by Crippen LogP contribution is 2.26. The fraction of sp³-hybridized carbons (Fsp3) is 0.214. The van der Waals surface area contributed by atoms with Crippen molar-refractivity contribution in [1.29, 1.82) is 0 Å². The van der Waals surface area contributed by atoms with E-state index in [4.69, 9.17) is 19.1 Å². The third kappa shape index (κ3) is 4.07. The Morgan fingerprint density at radius 3 is 2.90 bits per heavy atom. The normalized spacial score (nSPS) is 10.8. The highest BCUT2D eigenvalue weighted by Gasteiger charge is 2.07. The summed E-state index contributed by atoms with van der Waals surface area (Å²) in [4.78, 5) is 14.6. The highest BCUT2D eigenvalue weighted by atomic mass is 16.5. The minimum atomic E-state index is -1.04. The molecule has 0 saturated heterocycles. The molecule has 0 unspecified atom stereocenters. The molecular weight excluding hydrogens is 276 g/mol. The van der Waals surface area contributed by atoms with Crippen molar-refractivity contribution in [1.82, 2.24) is 10.1 Å². The Bertz CT molecular complexity index is 663. The van der Waals surface area contributed by atoms with E-state index in [-0.39, 0.29) is 6.61 Å². The van der Waals surface area contributed by atoms with Gasteiger partial charge in [-0.05, 0) is 18.2 Å². The molecule has 7 heteroatoms. The van der Waals surface area contributed by atoms with Crippen LogP contribution in [0.25, 0.3) is 6.08 Å². The molecule has 0 aliphatic carbocycles. The summed E-state index contributed by atoms with van der Waals surface area (Å²) in [6.07, 6.45) is 2.48. The molecule has 2 aromatic rings. The van der Waals surface area contributed by atoms with Gasteiger partial charge in [-0.3, -0.25) is 0 Å². The first-order valence-corrected chi connectivity index (χ1v) is 6.09. The van der Waals surface area contributed by atoms with Gasteiger partial charge in [0.15, 0.2) is 6.61 Å². The number of rotatable bonds is 6. The minimum Gasteiger partial charge on any atom is -0.497 e. The topological polar surface area (TPSA) is 94.7 Å². The van der Waals surface area contributed by atoms with Crippen LogP contribution < -0.4 is 9.47 Å². The second-order valence-corrected chi connectivity index (χ2v) is 4.09. The zero-order chi connectivity index (χ0) is 15.2. The van der Waals surface area contributed by atoms with E-state index in [2.05, 4.69) is 10.1 Å². The molecule has 1 aromatic carbocycles. The molecule has 0 atom stereocenters. The van der Waals surface area contributed by atoms with Crippen LogP contribution in [-0.2, 0) is 11.4 Å². The lowest BCUT2D eigenvalue weighted by atomic mass is 10.1. The maximum atomic E-state index is 10.6. The average molecular weight is 290 g/mol. The number of carboxylic acid groups (broad SMARTS) is 1. The monoisotopic (exact) mass is 290 g/mol. The summed E-state index contributed by atoms with van der Waals surface area (Å²) >= 11 is 0. The van der Waals surface area contributed by atoms with E-state index < -0.39 is 5.97 Å². The van der Waals surface area contributed by atoms with Gasteiger partial charge in [-0.25, -0.2) is 4.79 Å². The molecular formula is C14H14N2O5. The lowest BCUT2D eigenvalue weighted by Gasteiger charge is -2.09. The van der Waals surface area contributed by atoms with Gasteiger partial charge in [-0.1, -0.05) is 5.16 Å². The van der Waals surface area contributed by atoms with Crippen LogP contribution in [0.4, 0.5) is 0 Å². The van der Waals surface area contributed by atoms with E-state index >= 15 is 0 Å². The van der Waals surface area contributed by atoms with E-state index in [1.807, 2.05) is 0 Å². The fourth-order valence-electron chi connectivity index (χ4n) is 1.61. The van der Waals surface area contributed by atoms with Crippen molar-refractivity contribution in [2.75, 3.05) is 7.11 Å². The van der Waals surface area contributed by atoms with Gasteiger partial charge in [0, 0.05) is 24.6 Å². The van der Waals surface area contributed by atoms with Gasteiger partial charge in [0.1, 0.15) is 11.5 Å². The number of aliphatic carboxylic acids is 1. The standard InChI is InChI=1S/C14H14N2O5/c1-9-15-13(16-21-9)8-20-12-7-11(19-2)5-3-10(12)4-6-14(17)18/h3-7H,8H2,1-2H3,(H,17,18). The molecule has 7 nitrogen and oxygen atoms in total. The summed E-state index contributed by atoms with van der Waals surface area (Å²) in [7, 11) is 1.54. The van der Waals surface area contributed by atoms with E-state index in [1.54, 1.807) is 25.1 Å². The highest BCUT2D eigenvalue weighted by molar-refractivity contribution is 5.86. The number of carboxylic acids is 1. The maximum absolute atomic E-state index is 10.6. The molecule has 0 spiro atoms. The average Bonchev–Trinajstić information content (AvgIpc) is 2.88. The van der Waals surface area contributed by atoms with Crippen LogP contribution in [0, 0.1) is 6.92 Å². The van der Waals surface area contributed by atoms with Gasteiger partial charge < -0.3 is 19.1 Å². The number of hydrogen-bond acceptors (Lipinski definition) is 6. The lowest BCUT2D eigenvalue weighted by molar-refractivity contribution is -0.131. The molecule has 0 aliphatic rings. The number of benzene rings is 1. The number of aryl methyl sites for hydroxylation is 1. The van der Waals surface area contributed by atoms with E-state index in [0.29, 0.717) is 28.8 Å². The number of carbonyl (C=O) groups is 1. The number of nitrogens with zero attached hydrogens (tertiary/aromatic N) is 2. The first-order chi connectivity index (χ1) is 10.1. The number of methoxy groups -OCH3 is 1. The molecule has 0 amide bonds. The second kappa shape index (κ2) is 6.56. The van der Waals surface area contributed by atoms with Crippen LogP contribution in [0.15, 0.2) is 28.8 Å². The van der Waals surface area contributed by atoms with Crippen LogP contribution >= 0.6 is 0 Å². The molecule has 0 aliphatic heterocycles. The van der Waals surface area contributed by atoms with Gasteiger partial charge in [-0.15, -0.1) is 0 Å². The molecule has 110 valence electrons. The molecule has 0 saturated carbocycles. The Morgan fingerprint density at radius 2 is 2.29 bits per heavy atom. The molecule has 1 N–H and O–H groups in total. The molecule has 21 heavy (non-hydrogen) atoms. The van der Waals surface area contributed by atoms with Gasteiger partial charge >= 0.3 is 5.97 Å². The van der Waals surface area contributed by atoms with Crippen molar-refractivity contribution in [3.63, 3.8) is 0 Å². The van der Waals surface area contributed by atoms with E-state index in [1.165, 1.54) is 13.2 Å². The lowest BCUT2D eigenvalue weighted by Crippen LogP contribution is -1.99. The second-order valence-electron chi connectivity index (χ2n) is 4.09. The third-order valence-corrected chi connectivity index (χ3v) is 2.55. The van der Waals surface area contributed by atoms with Crippen LogP contribution in [0.2, 0.25) is 0 Å². The van der Waals surface area contributed by atoms with Gasteiger partial charge in [0.05, 0.1) is 7.11 Å². The Balaban J connectivity index is 2.19. The zero-order valence-electron chi connectivity index (χ0n) is 11.6. The number of ether oxygens (including phenoxy) is 2. The van der Waals surface area contributed by atoms with Gasteiger partial charge in [0.25, 0.3) is 0 Å². The molecule has 0 radical (unpaired) electrons. The minimum absolute atomic E-state index is 0.110. The van der Waals surface area contributed by atoms with Crippen molar-refractivity contribution in [2.45, 2.75) is 13.5 Å². The quantitative estimate of drug-likeness (QED) is 0.813. The molecule has 0 bridgehead atoms. The molecule has 1 aromatic heterocycles. The Hall–Kier alpha value is -2.83. The van der Waals surface area contributed by atoms with Crippen LogP contribution in [0.1, 0.15) is 17.3 Å². The van der Waals surface area contributed by atoms with Crippen LogP contribution in [-0.4, -0.2) is 28.3 Å². The van der Waals surface area contributed by atoms with Crippen molar-refractivity contribution >= 4 is 12.0 Å². The number of aromatic nitrogens is 2. The van der Waals surface area contributed by atoms with Gasteiger partial charge in [-0.2, -0.15) is 4.98 Å². The third-order valence-electron chi connectivity index (χ3n) is 2.55. The molecule has 0 fully saturated rings. The molecule has 1 heterocycles. The summed E-state index contributed by atoms with van der Waals surface area (Å²) in [5, 5.41) is 12.4. The van der Waals surface area contributed by atoms with Gasteiger partial charge in [0.2, 0.25) is 11.7 Å². The summed E-state index contributed by atoms with van der Waals surface area (Å²) in [6.45, 7) is 1.79. The Labute approximate surface area is 120 Å². The Kier molecular flexibility index (Phi) is 4.55. The summed E-state index contributed by atoms with van der Waals surface area (Å²) in [5.74, 6) is 0.885. The van der Waals surface area contributed by atoms with Crippen LogP contribution in [0.3, 0.4) is 0 Å². The Morgan fingerprint density at radius 1 is 1.48 bits per heavy atom. The summed E-state index contributed by atoms with van der Waals surface area (Å²) in [5.41, 5.74) is 0.610. The first kappa shape index (κ1) is 14.6. The van der Waals surface area contributed by atoms with Crippen molar-refractivity contribution in [3.8, 4) is 11.5 Å². The first-order valence-electron chi connectivity index (χ1n) is 6.09. The molecule has 2 rings (SSSR count). The predicted molar refractivity (Wildman–Crippen MR) is 73.0 cm³/mol. The summed E-state index contributed by atoms with van der Waals surface area (Å²) < 4.78 is 15.6. The van der Waals surface area contributed by atoms with Crippen molar-refractivity contribution in [2.24, 2.45) is 0 Å². The predicted octanol–water partition coefficient (Wildman–Crippen LogP) is 2.06. The fourth-order valence-corrected chi connectivity index (χ4v) is 1.61. The summed E-state index contributed by atoms with van der Waals surface area (Å²) in [6, 6.07) is 5.08.